The fourth-order valence-corrected chi connectivity index (χ4v) is 3.37. The lowest BCUT2D eigenvalue weighted by Crippen LogP contribution is -2.32. The van der Waals surface area contributed by atoms with Crippen molar-refractivity contribution >= 4 is 23.7 Å². The number of nitrogens with zero attached hydrogens (tertiary/aromatic N) is 2. The molecular formula is C13H18ClN3OS. The Hall–Kier alpha value is -0.910. The van der Waals surface area contributed by atoms with Gasteiger partial charge in [-0.3, -0.25) is 0 Å². The number of nitrogens with two attached hydrogens (primary N) is 1. The van der Waals surface area contributed by atoms with E-state index < -0.39 is 0 Å². The van der Waals surface area contributed by atoms with Crippen molar-refractivity contribution in [2.24, 2.45) is 5.73 Å². The van der Waals surface area contributed by atoms with Gasteiger partial charge < -0.3 is 10.3 Å². The highest BCUT2D eigenvalue weighted by atomic mass is 35.5. The van der Waals surface area contributed by atoms with Crippen LogP contribution in [0.25, 0.3) is 0 Å². The average molecular weight is 300 g/mol. The molecule has 0 spiro atoms. The Morgan fingerprint density at radius 1 is 1.37 bits per heavy atom. The van der Waals surface area contributed by atoms with Crippen LogP contribution in [0.5, 0.6) is 0 Å². The first kappa shape index (κ1) is 14.5. The molecule has 0 radical (unpaired) electrons. The highest BCUT2D eigenvalue weighted by Gasteiger charge is 2.39. The molecule has 1 aliphatic carbocycles. The molecule has 6 heteroatoms. The number of rotatable bonds is 4. The summed E-state index contributed by atoms with van der Waals surface area (Å²) in [7, 11) is 0. The number of halogens is 1. The van der Waals surface area contributed by atoms with Crippen LogP contribution in [0.1, 0.15) is 42.3 Å². The van der Waals surface area contributed by atoms with Gasteiger partial charge in [-0.25, -0.2) is 0 Å². The SMILES string of the molecule is Cl.NCC1(c2nc(Cc3cccs3)no2)CCCC1. The van der Waals surface area contributed by atoms with Gasteiger partial charge in [0.05, 0.1) is 5.41 Å². The van der Waals surface area contributed by atoms with Crippen molar-refractivity contribution in [3.05, 3.63) is 34.1 Å². The van der Waals surface area contributed by atoms with E-state index in [1.54, 1.807) is 11.3 Å². The second kappa shape index (κ2) is 6.03. The molecule has 0 atom stereocenters. The summed E-state index contributed by atoms with van der Waals surface area (Å²) in [5.74, 6) is 1.52. The second-order valence-electron chi connectivity index (χ2n) is 4.96. The molecule has 1 aliphatic rings. The zero-order valence-corrected chi connectivity index (χ0v) is 12.3. The van der Waals surface area contributed by atoms with Crippen molar-refractivity contribution < 1.29 is 4.52 Å². The lowest BCUT2D eigenvalue weighted by atomic mass is 9.86. The van der Waals surface area contributed by atoms with Gasteiger partial charge in [0.1, 0.15) is 0 Å². The zero-order chi connectivity index (χ0) is 12.4. The van der Waals surface area contributed by atoms with Gasteiger partial charge in [-0.1, -0.05) is 24.1 Å². The third-order valence-corrected chi connectivity index (χ3v) is 4.66. The summed E-state index contributed by atoms with van der Waals surface area (Å²) in [6.45, 7) is 0.605. The predicted molar refractivity (Wildman–Crippen MR) is 77.9 cm³/mol. The highest BCUT2D eigenvalue weighted by molar-refractivity contribution is 7.09. The van der Waals surface area contributed by atoms with Crippen LogP contribution in [0.2, 0.25) is 0 Å². The van der Waals surface area contributed by atoms with Crippen molar-refractivity contribution in [3.8, 4) is 0 Å². The Balaban J connectivity index is 0.00000133. The largest absolute Gasteiger partial charge is 0.339 e. The molecule has 3 rings (SSSR count). The Morgan fingerprint density at radius 3 is 2.79 bits per heavy atom. The van der Waals surface area contributed by atoms with Crippen molar-refractivity contribution in [2.75, 3.05) is 6.54 Å². The molecule has 0 unspecified atom stereocenters. The van der Waals surface area contributed by atoms with Crippen LogP contribution in [0.15, 0.2) is 22.0 Å². The summed E-state index contributed by atoms with van der Waals surface area (Å²) in [5.41, 5.74) is 5.87. The van der Waals surface area contributed by atoms with Crippen molar-refractivity contribution in [3.63, 3.8) is 0 Å². The van der Waals surface area contributed by atoms with E-state index in [2.05, 4.69) is 21.6 Å². The fourth-order valence-electron chi connectivity index (χ4n) is 2.67. The first-order valence-electron chi connectivity index (χ1n) is 6.38. The molecule has 0 saturated heterocycles. The maximum absolute atomic E-state index is 5.92. The van der Waals surface area contributed by atoms with Crippen LogP contribution in [0.3, 0.4) is 0 Å². The minimum Gasteiger partial charge on any atom is -0.339 e. The predicted octanol–water partition coefficient (Wildman–Crippen LogP) is 2.91. The second-order valence-corrected chi connectivity index (χ2v) is 6.00. The normalized spacial score (nSPS) is 17.3. The average Bonchev–Trinajstić information content (AvgIpc) is 3.10. The molecule has 0 aliphatic heterocycles. The van der Waals surface area contributed by atoms with Gasteiger partial charge in [-0.05, 0) is 24.3 Å². The van der Waals surface area contributed by atoms with Crippen LogP contribution >= 0.6 is 23.7 Å². The van der Waals surface area contributed by atoms with E-state index in [9.17, 15) is 0 Å². The smallest absolute Gasteiger partial charge is 0.234 e. The van der Waals surface area contributed by atoms with Crippen LogP contribution in [-0.2, 0) is 11.8 Å². The van der Waals surface area contributed by atoms with Crippen LogP contribution in [0.4, 0.5) is 0 Å². The van der Waals surface area contributed by atoms with E-state index in [-0.39, 0.29) is 17.8 Å². The Morgan fingerprint density at radius 2 is 2.16 bits per heavy atom. The Bertz CT molecular complexity index is 506. The standard InChI is InChI=1S/C13H17N3OS.ClH/c14-9-13(5-1-2-6-13)12-15-11(16-17-12)8-10-4-3-7-18-10;/h3-4,7H,1-2,5-6,8-9,14H2;1H. The first-order valence-corrected chi connectivity index (χ1v) is 7.26. The van der Waals surface area contributed by atoms with Crippen molar-refractivity contribution in [2.45, 2.75) is 37.5 Å². The van der Waals surface area contributed by atoms with Crippen LogP contribution in [-0.4, -0.2) is 16.7 Å². The lowest BCUT2D eigenvalue weighted by Gasteiger charge is -2.21. The molecule has 0 bridgehead atoms. The van der Waals surface area contributed by atoms with Gasteiger partial charge >= 0.3 is 0 Å². The Kier molecular flexibility index (Phi) is 4.60. The highest BCUT2D eigenvalue weighted by Crippen LogP contribution is 2.39. The number of hydrogen-bond acceptors (Lipinski definition) is 5. The third kappa shape index (κ3) is 2.83. The van der Waals surface area contributed by atoms with Crippen molar-refractivity contribution in [1.29, 1.82) is 0 Å². The summed E-state index contributed by atoms with van der Waals surface area (Å²) in [5, 5.41) is 6.16. The van der Waals surface area contributed by atoms with E-state index in [1.807, 2.05) is 6.07 Å². The van der Waals surface area contributed by atoms with Gasteiger partial charge in [0, 0.05) is 17.8 Å². The summed E-state index contributed by atoms with van der Waals surface area (Å²) >= 11 is 1.72. The van der Waals surface area contributed by atoms with E-state index in [0.717, 1.165) is 31.0 Å². The van der Waals surface area contributed by atoms with Crippen LogP contribution < -0.4 is 5.73 Å². The molecule has 0 amide bonds. The quantitative estimate of drug-likeness (QED) is 0.943. The molecular weight excluding hydrogens is 282 g/mol. The minimum absolute atomic E-state index is 0. The van der Waals surface area contributed by atoms with Gasteiger partial charge in [-0.15, -0.1) is 23.7 Å². The molecule has 2 N–H and O–H groups in total. The van der Waals surface area contributed by atoms with Gasteiger partial charge in [0.2, 0.25) is 5.89 Å². The molecule has 2 aromatic rings. The molecule has 1 fully saturated rings. The molecule has 4 nitrogen and oxygen atoms in total. The van der Waals surface area contributed by atoms with Gasteiger partial charge in [0.25, 0.3) is 0 Å². The van der Waals surface area contributed by atoms with Crippen molar-refractivity contribution in [1.82, 2.24) is 10.1 Å². The van der Waals surface area contributed by atoms with E-state index in [0.29, 0.717) is 6.54 Å². The molecule has 0 aromatic carbocycles. The number of thiophene rings is 1. The molecule has 2 heterocycles. The topological polar surface area (TPSA) is 64.9 Å². The van der Waals surface area contributed by atoms with Gasteiger partial charge in [0.15, 0.2) is 5.82 Å². The zero-order valence-electron chi connectivity index (χ0n) is 10.7. The van der Waals surface area contributed by atoms with Crippen LogP contribution in [0, 0.1) is 0 Å². The molecule has 2 aromatic heterocycles. The van der Waals surface area contributed by atoms with E-state index >= 15 is 0 Å². The summed E-state index contributed by atoms with van der Waals surface area (Å²) in [6, 6.07) is 4.13. The lowest BCUT2D eigenvalue weighted by molar-refractivity contribution is 0.283. The molecule has 1 saturated carbocycles. The maximum Gasteiger partial charge on any atom is 0.234 e. The van der Waals surface area contributed by atoms with E-state index in [1.165, 1.54) is 17.7 Å². The minimum atomic E-state index is -0.0549. The summed E-state index contributed by atoms with van der Waals surface area (Å²) in [6.07, 6.45) is 5.32. The summed E-state index contributed by atoms with van der Waals surface area (Å²) in [4.78, 5) is 5.82. The van der Waals surface area contributed by atoms with Gasteiger partial charge in [-0.2, -0.15) is 4.98 Å². The number of hydrogen-bond donors (Lipinski definition) is 1. The fraction of sp³-hybridized carbons (Fsp3) is 0.538. The maximum atomic E-state index is 5.92. The van der Waals surface area contributed by atoms with E-state index in [4.69, 9.17) is 10.3 Å². The summed E-state index contributed by atoms with van der Waals surface area (Å²) < 4.78 is 5.46. The number of aromatic nitrogens is 2. The monoisotopic (exact) mass is 299 g/mol. The molecule has 104 valence electrons. The molecule has 19 heavy (non-hydrogen) atoms. The Labute approximate surface area is 122 Å². The first-order chi connectivity index (χ1) is 8.82. The third-order valence-electron chi connectivity index (χ3n) is 3.79.